The average Bonchev–Trinajstić information content (AvgIpc) is 3.47. The molecule has 6 nitrogen and oxygen atoms in total. The first-order valence-electron chi connectivity index (χ1n) is 9.86. The lowest BCUT2D eigenvalue weighted by Crippen LogP contribution is -2.36. The molecule has 1 N–H and O–H groups in total. The maximum Gasteiger partial charge on any atom is 0.0991 e. The quantitative estimate of drug-likeness (QED) is 0.575. The fourth-order valence-corrected chi connectivity index (χ4v) is 3.76. The molecule has 4 aromatic rings. The number of aryl methyl sites for hydroxylation is 1. The van der Waals surface area contributed by atoms with Crippen LogP contribution in [0.5, 0.6) is 0 Å². The van der Waals surface area contributed by atoms with Crippen LogP contribution in [-0.4, -0.2) is 46.1 Å². The number of anilines is 1. The van der Waals surface area contributed by atoms with Crippen LogP contribution in [0.25, 0.3) is 28.2 Å². The van der Waals surface area contributed by atoms with Gasteiger partial charge in [-0.15, -0.1) is 0 Å². The predicted molar refractivity (Wildman–Crippen MR) is 114 cm³/mol. The summed E-state index contributed by atoms with van der Waals surface area (Å²) in [5.74, 6) is 0. The topological polar surface area (TPSA) is 59.0 Å². The molecule has 3 heterocycles. The zero-order valence-corrected chi connectivity index (χ0v) is 16.4. The molecular weight excluding hydrogens is 362 g/mol. The second-order valence-corrected chi connectivity index (χ2v) is 7.29. The largest absolute Gasteiger partial charge is 0.378 e. The minimum Gasteiger partial charge on any atom is -0.378 e. The van der Waals surface area contributed by atoms with Crippen molar-refractivity contribution >= 4 is 5.69 Å². The van der Waals surface area contributed by atoms with Gasteiger partial charge in [-0.25, -0.2) is 4.98 Å². The molecule has 0 unspecified atom stereocenters. The van der Waals surface area contributed by atoms with Crippen LogP contribution in [-0.2, 0) is 4.74 Å². The van der Waals surface area contributed by atoms with Gasteiger partial charge in [0.15, 0.2) is 0 Å². The Morgan fingerprint density at radius 2 is 1.90 bits per heavy atom. The number of hydrogen-bond donors (Lipinski definition) is 1. The first kappa shape index (κ1) is 17.7. The Bertz CT molecular complexity index is 1110. The van der Waals surface area contributed by atoms with Crippen LogP contribution in [0.2, 0.25) is 0 Å². The van der Waals surface area contributed by atoms with Gasteiger partial charge in [-0.2, -0.15) is 5.10 Å². The standard InChI is InChI=1S/C23H23N5O/c1-17-5-6-19(14-23(17)28-8-7-24-16-28)22-15-21(25-26-22)18-3-2-4-20(13-18)27-9-11-29-12-10-27/h2-8,13-16H,9-12H2,1H3,(H,25,26). The Labute approximate surface area is 169 Å². The first-order chi connectivity index (χ1) is 14.3. The third-order valence-corrected chi connectivity index (χ3v) is 5.40. The number of morpholine rings is 1. The minimum absolute atomic E-state index is 0.781. The highest BCUT2D eigenvalue weighted by atomic mass is 16.5. The number of ether oxygens (including phenoxy) is 1. The third kappa shape index (κ3) is 3.54. The molecule has 6 heteroatoms. The smallest absolute Gasteiger partial charge is 0.0991 e. The van der Waals surface area contributed by atoms with Crippen LogP contribution in [0.3, 0.4) is 0 Å². The summed E-state index contributed by atoms with van der Waals surface area (Å²) >= 11 is 0. The van der Waals surface area contributed by atoms with Crippen LogP contribution >= 0.6 is 0 Å². The van der Waals surface area contributed by atoms with Gasteiger partial charge in [0.25, 0.3) is 0 Å². The number of H-pyrrole nitrogens is 1. The Kier molecular flexibility index (Phi) is 4.62. The third-order valence-electron chi connectivity index (χ3n) is 5.40. The first-order valence-corrected chi connectivity index (χ1v) is 9.86. The maximum atomic E-state index is 5.47. The van der Waals surface area contributed by atoms with Crippen molar-refractivity contribution in [3.63, 3.8) is 0 Å². The summed E-state index contributed by atoms with van der Waals surface area (Å²) in [7, 11) is 0. The van der Waals surface area contributed by atoms with E-state index in [1.54, 1.807) is 6.20 Å². The molecular formula is C23H23N5O. The predicted octanol–water partition coefficient (Wildman–Crippen LogP) is 4.07. The van der Waals surface area contributed by atoms with Crippen molar-refractivity contribution in [2.45, 2.75) is 6.92 Å². The second kappa shape index (κ2) is 7.56. The fraction of sp³-hybridized carbons (Fsp3) is 0.217. The molecule has 2 aromatic carbocycles. The highest BCUT2D eigenvalue weighted by Crippen LogP contribution is 2.29. The van der Waals surface area contributed by atoms with Gasteiger partial charge in [0, 0.05) is 42.3 Å². The van der Waals surface area contributed by atoms with Crippen LogP contribution in [0, 0.1) is 6.92 Å². The normalized spacial score (nSPS) is 14.3. The molecule has 0 radical (unpaired) electrons. The van der Waals surface area contributed by atoms with E-state index in [1.807, 2.05) is 17.1 Å². The maximum absolute atomic E-state index is 5.47. The van der Waals surface area contributed by atoms with Crippen molar-refractivity contribution in [3.8, 4) is 28.2 Å². The van der Waals surface area contributed by atoms with Gasteiger partial charge in [-0.05, 0) is 36.8 Å². The molecule has 0 spiro atoms. The van der Waals surface area contributed by atoms with Gasteiger partial charge in [0.1, 0.15) is 0 Å². The van der Waals surface area contributed by atoms with Gasteiger partial charge >= 0.3 is 0 Å². The van der Waals surface area contributed by atoms with E-state index in [0.717, 1.165) is 54.5 Å². The number of benzene rings is 2. The van der Waals surface area contributed by atoms with Gasteiger partial charge in [-0.3, -0.25) is 5.10 Å². The lowest BCUT2D eigenvalue weighted by molar-refractivity contribution is 0.122. The molecule has 0 atom stereocenters. The monoisotopic (exact) mass is 385 g/mol. The molecule has 2 aromatic heterocycles. The zero-order chi connectivity index (χ0) is 19.6. The van der Waals surface area contributed by atoms with E-state index in [9.17, 15) is 0 Å². The summed E-state index contributed by atoms with van der Waals surface area (Å²) in [6, 6.07) is 17.1. The molecule has 0 saturated carbocycles. The van der Waals surface area contributed by atoms with E-state index < -0.39 is 0 Å². The van der Waals surface area contributed by atoms with Crippen molar-refractivity contribution in [1.82, 2.24) is 19.7 Å². The summed E-state index contributed by atoms with van der Waals surface area (Å²) in [6.07, 6.45) is 5.57. The second-order valence-electron chi connectivity index (χ2n) is 7.29. The Hall–Kier alpha value is -3.38. The van der Waals surface area contributed by atoms with Gasteiger partial charge in [0.05, 0.1) is 36.6 Å². The van der Waals surface area contributed by atoms with E-state index in [0.29, 0.717) is 0 Å². The number of nitrogens with one attached hydrogen (secondary N) is 1. The number of rotatable bonds is 4. The van der Waals surface area contributed by atoms with E-state index in [2.05, 4.69) is 75.5 Å². The number of aromatic nitrogens is 4. The van der Waals surface area contributed by atoms with E-state index in [4.69, 9.17) is 4.74 Å². The zero-order valence-electron chi connectivity index (χ0n) is 16.4. The number of hydrogen-bond acceptors (Lipinski definition) is 4. The minimum atomic E-state index is 0.781. The van der Waals surface area contributed by atoms with Gasteiger partial charge in [0.2, 0.25) is 0 Å². The number of nitrogens with zero attached hydrogens (tertiary/aromatic N) is 4. The van der Waals surface area contributed by atoms with Crippen LogP contribution < -0.4 is 4.90 Å². The molecule has 1 aliphatic rings. The van der Waals surface area contributed by atoms with Crippen molar-refractivity contribution in [2.24, 2.45) is 0 Å². The average molecular weight is 385 g/mol. The summed E-state index contributed by atoms with van der Waals surface area (Å²) in [5.41, 5.74) is 7.68. The molecule has 1 aliphatic heterocycles. The number of imidazole rings is 1. The van der Waals surface area contributed by atoms with E-state index in [1.165, 1.54) is 11.3 Å². The molecule has 1 fully saturated rings. The molecule has 1 saturated heterocycles. The molecule has 146 valence electrons. The van der Waals surface area contributed by atoms with Gasteiger partial charge in [-0.1, -0.05) is 24.3 Å². The summed E-state index contributed by atoms with van der Waals surface area (Å²) in [6.45, 7) is 5.52. The molecule has 0 amide bonds. The Balaban J connectivity index is 1.45. The molecule has 0 aliphatic carbocycles. The lowest BCUT2D eigenvalue weighted by Gasteiger charge is -2.29. The SMILES string of the molecule is Cc1ccc(-c2cc(-c3cccc(N4CCOCC4)c3)n[nH]2)cc1-n1ccnc1. The number of aromatic amines is 1. The van der Waals surface area contributed by atoms with Crippen LogP contribution in [0.15, 0.2) is 67.3 Å². The van der Waals surface area contributed by atoms with E-state index in [-0.39, 0.29) is 0 Å². The van der Waals surface area contributed by atoms with Crippen LogP contribution in [0.1, 0.15) is 5.56 Å². The summed E-state index contributed by atoms with van der Waals surface area (Å²) in [5, 5.41) is 7.78. The van der Waals surface area contributed by atoms with E-state index >= 15 is 0 Å². The lowest BCUT2D eigenvalue weighted by atomic mass is 10.1. The molecule has 0 bridgehead atoms. The fourth-order valence-electron chi connectivity index (χ4n) is 3.76. The van der Waals surface area contributed by atoms with Gasteiger partial charge < -0.3 is 14.2 Å². The summed E-state index contributed by atoms with van der Waals surface area (Å²) < 4.78 is 7.50. The summed E-state index contributed by atoms with van der Waals surface area (Å²) in [4.78, 5) is 6.52. The highest BCUT2D eigenvalue weighted by Gasteiger charge is 2.13. The highest BCUT2D eigenvalue weighted by molar-refractivity contribution is 5.72. The van der Waals surface area contributed by atoms with Crippen molar-refractivity contribution in [2.75, 3.05) is 31.2 Å². The Morgan fingerprint density at radius 1 is 1.00 bits per heavy atom. The Morgan fingerprint density at radius 3 is 2.72 bits per heavy atom. The van der Waals surface area contributed by atoms with Crippen molar-refractivity contribution < 1.29 is 4.74 Å². The van der Waals surface area contributed by atoms with Crippen LogP contribution in [0.4, 0.5) is 5.69 Å². The molecule has 5 rings (SSSR count). The molecule has 29 heavy (non-hydrogen) atoms. The van der Waals surface area contributed by atoms with Crippen molar-refractivity contribution in [1.29, 1.82) is 0 Å². The van der Waals surface area contributed by atoms with Crippen molar-refractivity contribution in [3.05, 3.63) is 72.8 Å².